The second-order valence-corrected chi connectivity index (χ2v) is 5.85. The molecule has 1 N–H and O–H groups in total. The molecule has 2 heteroatoms. The number of piperazine rings is 1. The van der Waals surface area contributed by atoms with Gasteiger partial charge in [-0.15, -0.1) is 0 Å². The van der Waals surface area contributed by atoms with Crippen molar-refractivity contribution in [2.24, 2.45) is 0 Å². The average Bonchev–Trinajstić information content (AvgIpc) is 2.41. The molecule has 0 bridgehead atoms. The number of benzene rings is 1. The predicted molar refractivity (Wildman–Crippen MR) is 75.9 cm³/mol. The molecule has 3 rings (SSSR count). The largest absolute Gasteiger partial charge is 0.314 e. The van der Waals surface area contributed by atoms with E-state index in [0.717, 1.165) is 25.6 Å². The minimum atomic E-state index is 0.761. The summed E-state index contributed by atoms with van der Waals surface area (Å²) in [5.41, 5.74) is 4.72. The van der Waals surface area contributed by atoms with Gasteiger partial charge in [0.2, 0.25) is 0 Å². The van der Waals surface area contributed by atoms with Crippen molar-refractivity contribution >= 4 is 0 Å². The van der Waals surface area contributed by atoms with Crippen molar-refractivity contribution in [3.8, 4) is 0 Å². The second-order valence-electron chi connectivity index (χ2n) is 5.85. The minimum absolute atomic E-state index is 0.761. The molecule has 0 aromatic heterocycles. The van der Waals surface area contributed by atoms with E-state index in [2.05, 4.69) is 35.3 Å². The first kappa shape index (κ1) is 12.2. The van der Waals surface area contributed by atoms with Crippen LogP contribution in [0.4, 0.5) is 0 Å². The lowest BCUT2D eigenvalue weighted by Gasteiger charge is -2.28. The van der Waals surface area contributed by atoms with Crippen LogP contribution >= 0.6 is 0 Å². The van der Waals surface area contributed by atoms with E-state index < -0.39 is 0 Å². The summed E-state index contributed by atoms with van der Waals surface area (Å²) in [4.78, 5) is 2.56. The van der Waals surface area contributed by atoms with Gasteiger partial charge in [-0.1, -0.05) is 25.1 Å². The van der Waals surface area contributed by atoms with Gasteiger partial charge in [0.1, 0.15) is 0 Å². The van der Waals surface area contributed by atoms with Crippen LogP contribution in [0.25, 0.3) is 0 Å². The van der Waals surface area contributed by atoms with Gasteiger partial charge < -0.3 is 5.32 Å². The van der Waals surface area contributed by atoms with Crippen LogP contribution in [-0.4, -0.2) is 31.1 Å². The topological polar surface area (TPSA) is 15.3 Å². The van der Waals surface area contributed by atoms with E-state index >= 15 is 0 Å². The molecule has 1 heterocycles. The predicted octanol–water partition coefficient (Wildman–Crippen LogP) is 2.53. The maximum atomic E-state index is 3.42. The summed E-state index contributed by atoms with van der Waals surface area (Å²) in [5, 5.41) is 3.42. The molecule has 0 saturated carbocycles. The van der Waals surface area contributed by atoms with Crippen LogP contribution in [0.1, 0.15) is 42.4 Å². The summed E-state index contributed by atoms with van der Waals surface area (Å²) in [6.07, 6.45) is 4.02. The molecule has 1 aromatic rings. The number of nitrogens with zero attached hydrogens (tertiary/aromatic N) is 1. The van der Waals surface area contributed by atoms with Crippen LogP contribution in [0, 0.1) is 0 Å². The Morgan fingerprint density at radius 2 is 2.11 bits per heavy atom. The average molecular weight is 244 g/mol. The van der Waals surface area contributed by atoms with E-state index in [-0.39, 0.29) is 0 Å². The zero-order chi connectivity index (χ0) is 12.4. The number of hydrogen-bond donors (Lipinski definition) is 1. The van der Waals surface area contributed by atoms with Gasteiger partial charge in [-0.25, -0.2) is 0 Å². The molecule has 1 aliphatic carbocycles. The standard InChI is InChI=1S/C16H24N2/c1-13-3-2-4-15-6-5-14(11-16(13)15)12-18-9-7-17-8-10-18/h5-6,11,13,17H,2-4,7-10,12H2,1H3. The summed E-state index contributed by atoms with van der Waals surface area (Å²) < 4.78 is 0. The Balaban J connectivity index is 1.74. The quantitative estimate of drug-likeness (QED) is 0.860. The molecular weight excluding hydrogens is 220 g/mol. The number of fused-ring (bicyclic) bond motifs is 1. The summed E-state index contributed by atoms with van der Waals surface area (Å²) in [5.74, 6) is 0.761. The van der Waals surface area contributed by atoms with Crippen LogP contribution in [0.15, 0.2) is 18.2 Å². The smallest absolute Gasteiger partial charge is 0.0234 e. The summed E-state index contributed by atoms with van der Waals surface area (Å²) >= 11 is 0. The van der Waals surface area contributed by atoms with Crippen molar-refractivity contribution in [2.75, 3.05) is 26.2 Å². The number of nitrogens with one attached hydrogen (secondary N) is 1. The molecule has 0 spiro atoms. The van der Waals surface area contributed by atoms with E-state index in [1.165, 1.54) is 37.9 Å². The molecule has 1 saturated heterocycles. The molecule has 98 valence electrons. The van der Waals surface area contributed by atoms with Crippen molar-refractivity contribution in [1.29, 1.82) is 0 Å². The first-order valence-corrected chi connectivity index (χ1v) is 7.38. The molecule has 2 nitrogen and oxygen atoms in total. The molecule has 1 atom stereocenters. The summed E-state index contributed by atoms with van der Waals surface area (Å²) in [6.45, 7) is 8.16. The third kappa shape index (κ3) is 2.60. The SMILES string of the molecule is CC1CCCc2ccc(CN3CCNCC3)cc21. The zero-order valence-electron chi connectivity index (χ0n) is 11.4. The Morgan fingerprint density at radius 3 is 2.94 bits per heavy atom. The Bertz CT molecular complexity index is 408. The molecule has 1 fully saturated rings. The van der Waals surface area contributed by atoms with E-state index in [9.17, 15) is 0 Å². The van der Waals surface area contributed by atoms with Crippen molar-refractivity contribution in [3.63, 3.8) is 0 Å². The van der Waals surface area contributed by atoms with Crippen LogP contribution < -0.4 is 5.32 Å². The molecule has 1 aromatic carbocycles. The number of aryl methyl sites for hydroxylation is 1. The maximum Gasteiger partial charge on any atom is 0.0234 e. The second kappa shape index (κ2) is 5.41. The molecule has 0 amide bonds. The lowest BCUT2D eigenvalue weighted by Crippen LogP contribution is -2.42. The van der Waals surface area contributed by atoms with E-state index in [4.69, 9.17) is 0 Å². The Morgan fingerprint density at radius 1 is 1.28 bits per heavy atom. The third-order valence-electron chi connectivity index (χ3n) is 4.44. The molecule has 1 unspecified atom stereocenters. The highest BCUT2D eigenvalue weighted by Crippen LogP contribution is 2.31. The van der Waals surface area contributed by atoms with E-state index in [0.29, 0.717) is 0 Å². The van der Waals surface area contributed by atoms with E-state index in [1.807, 2.05) is 0 Å². The van der Waals surface area contributed by atoms with Crippen LogP contribution in [0.2, 0.25) is 0 Å². The molecule has 2 aliphatic rings. The molecule has 1 aliphatic heterocycles. The lowest BCUT2D eigenvalue weighted by atomic mass is 9.83. The van der Waals surface area contributed by atoms with Crippen molar-refractivity contribution < 1.29 is 0 Å². The van der Waals surface area contributed by atoms with Gasteiger partial charge in [0.15, 0.2) is 0 Å². The molecule has 18 heavy (non-hydrogen) atoms. The number of hydrogen-bond acceptors (Lipinski definition) is 2. The zero-order valence-corrected chi connectivity index (χ0v) is 11.4. The molecule has 0 radical (unpaired) electrons. The fourth-order valence-electron chi connectivity index (χ4n) is 3.31. The van der Waals surface area contributed by atoms with Gasteiger partial charge in [0, 0.05) is 32.7 Å². The normalized spacial score (nSPS) is 24.8. The van der Waals surface area contributed by atoms with Gasteiger partial charge in [0.25, 0.3) is 0 Å². The first-order chi connectivity index (χ1) is 8.83. The van der Waals surface area contributed by atoms with Crippen LogP contribution in [0.3, 0.4) is 0 Å². The van der Waals surface area contributed by atoms with Crippen LogP contribution in [0.5, 0.6) is 0 Å². The minimum Gasteiger partial charge on any atom is -0.314 e. The van der Waals surface area contributed by atoms with Gasteiger partial charge >= 0.3 is 0 Å². The fraction of sp³-hybridized carbons (Fsp3) is 0.625. The first-order valence-electron chi connectivity index (χ1n) is 7.38. The Kier molecular flexibility index (Phi) is 3.67. The van der Waals surface area contributed by atoms with Crippen LogP contribution in [-0.2, 0) is 13.0 Å². The maximum absolute atomic E-state index is 3.42. The summed E-state index contributed by atoms with van der Waals surface area (Å²) in [6, 6.07) is 7.20. The van der Waals surface area contributed by atoms with Gasteiger partial charge in [-0.05, 0) is 41.9 Å². The third-order valence-corrected chi connectivity index (χ3v) is 4.44. The van der Waals surface area contributed by atoms with Crippen molar-refractivity contribution in [1.82, 2.24) is 10.2 Å². The van der Waals surface area contributed by atoms with Gasteiger partial charge in [-0.2, -0.15) is 0 Å². The lowest BCUT2D eigenvalue weighted by molar-refractivity contribution is 0.233. The highest BCUT2D eigenvalue weighted by atomic mass is 15.2. The van der Waals surface area contributed by atoms with Gasteiger partial charge in [-0.3, -0.25) is 4.90 Å². The van der Waals surface area contributed by atoms with Crippen molar-refractivity contribution in [2.45, 2.75) is 38.6 Å². The number of rotatable bonds is 2. The Hall–Kier alpha value is -0.860. The van der Waals surface area contributed by atoms with Gasteiger partial charge in [0.05, 0.1) is 0 Å². The monoisotopic (exact) mass is 244 g/mol. The molecular formula is C16H24N2. The fourth-order valence-corrected chi connectivity index (χ4v) is 3.31. The highest BCUT2D eigenvalue weighted by molar-refractivity contribution is 5.36. The van der Waals surface area contributed by atoms with Crippen molar-refractivity contribution in [3.05, 3.63) is 34.9 Å². The van der Waals surface area contributed by atoms with E-state index in [1.54, 1.807) is 11.1 Å². The summed E-state index contributed by atoms with van der Waals surface area (Å²) in [7, 11) is 0. The Labute approximate surface area is 110 Å². The highest BCUT2D eigenvalue weighted by Gasteiger charge is 2.17.